The topological polar surface area (TPSA) is 120 Å². The van der Waals surface area contributed by atoms with Crippen LogP contribution in [0.15, 0.2) is 46.5 Å². The van der Waals surface area contributed by atoms with Gasteiger partial charge in [-0.2, -0.15) is 10.5 Å². The van der Waals surface area contributed by atoms with Gasteiger partial charge in [0.15, 0.2) is 0 Å². The van der Waals surface area contributed by atoms with Gasteiger partial charge in [-0.05, 0) is 55.9 Å². The third-order valence-corrected chi connectivity index (χ3v) is 6.74. The lowest BCUT2D eigenvalue weighted by Crippen LogP contribution is -2.39. The Kier molecular flexibility index (Phi) is 6.15. The maximum atomic E-state index is 12.9. The minimum absolute atomic E-state index is 0.0485. The molecule has 0 amide bonds. The van der Waals surface area contributed by atoms with Crippen LogP contribution in [0.4, 0.5) is 5.69 Å². The Morgan fingerprint density at radius 2 is 1.94 bits per heavy atom. The van der Waals surface area contributed by atoms with Crippen LogP contribution in [0, 0.1) is 34.5 Å². The Balaban J connectivity index is 1.46. The van der Waals surface area contributed by atoms with Gasteiger partial charge in [-0.1, -0.05) is 11.2 Å². The SMILES string of the molecule is Cn1c(=O)c(C#N)c(N2CCC(/C(=N\OCC3CC3)c3ccccn3)CC2)c2nc(C#N)ccc21. The zero-order valence-electron chi connectivity index (χ0n) is 19.5. The third-order valence-electron chi connectivity index (χ3n) is 6.74. The van der Waals surface area contributed by atoms with Crippen LogP contribution in [0.3, 0.4) is 0 Å². The summed E-state index contributed by atoms with van der Waals surface area (Å²) in [4.78, 5) is 29.7. The summed E-state index contributed by atoms with van der Waals surface area (Å²) in [6, 6.07) is 13.2. The van der Waals surface area contributed by atoms with Crippen LogP contribution in [0.25, 0.3) is 11.0 Å². The molecule has 2 fully saturated rings. The maximum Gasteiger partial charge on any atom is 0.270 e. The molecule has 35 heavy (non-hydrogen) atoms. The number of aryl methyl sites for hydroxylation is 1. The van der Waals surface area contributed by atoms with Crippen LogP contribution in [-0.4, -0.2) is 39.9 Å². The average Bonchev–Trinajstić information content (AvgIpc) is 3.73. The van der Waals surface area contributed by atoms with Crippen molar-refractivity contribution in [1.82, 2.24) is 14.5 Å². The van der Waals surface area contributed by atoms with Crippen LogP contribution in [0.2, 0.25) is 0 Å². The monoisotopic (exact) mass is 467 g/mol. The van der Waals surface area contributed by atoms with E-state index in [1.54, 1.807) is 25.4 Å². The first-order valence-electron chi connectivity index (χ1n) is 11.8. The van der Waals surface area contributed by atoms with E-state index in [2.05, 4.69) is 27.3 Å². The molecule has 4 heterocycles. The van der Waals surface area contributed by atoms with E-state index in [-0.39, 0.29) is 22.7 Å². The predicted octanol–water partition coefficient (Wildman–Crippen LogP) is 3.12. The molecule has 0 radical (unpaired) electrons. The lowest BCUT2D eigenvalue weighted by Gasteiger charge is -2.34. The molecule has 9 heteroatoms. The van der Waals surface area contributed by atoms with E-state index in [1.807, 2.05) is 23.1 Å². The van der Waals surface area contributed by atoms with E-state index >= 15 is 0 Å². The Morgan fingerprint density at radius 3 is 2.60 bits per heavy atom. The van der Waals surface area contributed by atoms with E-state index in [1.165, 1.54) is 17.4 Å². The molecule has 176 valence electrons. The second kappa shape index (κ2) is 9.55. The summed E-state index contributed by atoms with van der Waals surface area (Å²) in [5.74, 6) is 0.737. The first-order valence-corrected chi connectivity index (χ1v) is 11.8. The summed E-state index contributed by atoms with van der Waals surface area (Å²) in [7, 11) is 1.62. The number of pyridine rings is 3. The van der Waals surface area contributed by atoms with Crippen molar-refractivity contribution in [2.45, 2.75) is 25.7 Å². The van der Waals surface area contributed by atoms with Gasteiger partial charge in [0.05, 0.1) is 16.9 Å². The van der Waals surface area contributed by atoms with Gasteiger partial charge in [0.2, 0.25) is 0 Å². The normalized spacial score (nSPS) is 16.7. The van der Waals surface area contributed by atoms with Crippen LogP contribution >= 0.6 is 0 Å². The molecule has 0 unspecified atom stereocenters. The highest BCUT2D eigenvalue weighted by Gasteiger charge is 2.30. The molecule has 2 aliphatic rings. The molecule has 0 N–H and O–H groups in total. The zero-order valence-corrected chi connectivity index (χ0v) is 19.5. The second-order valence-corrected chi connectivity index (χ2v) is 9.07. The van der Waals surface area contributed by atoms with Crippen molar-refractivity contribution in [3.05, 3.63) is 63.8 Å². The van der Waals surface area contributed by atoms with Crippen molar-refractivity contribution in [1.29, 1.82) is 10.5 Å². The summed E-state index contributed by atoms with van der Waals surface area (Å²) in [6.45, 7) is 1.84. The van der Waals surface area contributed by atoms with Gasteiger partial charge >= 0.3 is 0 Å². The third kappa shape index (κ3) is 4.45. The van der Waals surface area contributed by atoms with Crippen LogP contribution in [0.5, 0.6) is 0 Å². The first kappa shape index (κ1) is 22.5. The number of piperidine rings is 1. The lowest BCUT2D eigenvalue weighted by molar-refractivity contribution is 0.132. The number of anilines is 1. The van der Waals surface area contributed by atoms with Crippen molar-refractivity contribution >= 4 is 22.4 Å². The number of fused-ring (bicyclic) bond motifs is 1. The Labute approximate surface area is 202 Å². The van der Waals surface area contributed by atoms with E-state index < -0.39 is 0 Å². The minimum Gasteiger partial charge on any atom is -0.395 e. The standard InChI is InChI=1S/C26H25N7O2/c1-32-22-8-7-19(14-27)30-24(22)25(20(15-28)26(32)34)33-12-9-18(10-13-33)23(21-4-2-3-11-29-21)31-35-16-17-5-6-17/h2-4,7-8,11,17-18H,5-6,9-10,12-13,16H2,1H3/b31-23+. The summed E-state index contributed by atoms with van der Waals surface area (Å²) in [6.07, 6.45) is 5.65. The van der Waals surface area contributed by atoms with Crippen molar-refractivity contribution < 1.29 is 4.84 Å². The zero-order chi connectivity index (χ0) is 24.4. The number of hydrogen-bond acceptors (Lipinski definition) is 8. The highest BCUT2D eigenvalue weighted by Crippen LogP contribution is 2.32. The number of hydrogen-bond donors (Lipinski definition) is 0. The fourth-order valence-electron chi connectivity index (χ4n) is 4.58. The van der Waals surface area contributed by atoms with E-state index in [0.717, 1.165) is 24.2 Å². The number of nitriles is 2. The summed E-state index contributed by atoms with van der Waals surface area (Å²) in [5, 5.41) is 23.7. The summed E-state index contributed by atoms with van der Waals surface area (Å²) < 4.78 is 1.42. The molecule has 5 rings (SSSR count). The molecule has 0 atom stereocenters. The van der Waals surface area contributed by atoms with Crippen molar-refractivity contribution in [2.75, 3.05) is 24.6 Å². The molecule has 1 aliphatic heterocycles. The predicted molar refractivity (Wildman–Crippen MR) is 131 cm³/mol. The Morgan fingerprint density at radius 1 is 1.14 bits per heavy atom. The molecule has 1 saturated heterocycles. The van der Waals surface area contributed by atoms with E-state index in [9.17, 15) is 15.3 Å². The second-order valence-electron chi connectivity index (χ2n) is 9.07. The molecular weight excluding hydrogens is 442 g/mol. The van der Waals surface area contributed by atoms with Crippen LogP contribution < -0.4 is 10.5 Å². The van der Waals surface area contributed by atoms with Crippen molar-refractivity contribution in [3.8, 4) is 12.1 Å². The first-order chi connectivity index (χ1) is 17.1. The number of aromatic nitrogens is 3. The van der Waals surface area contributed by atoms with Crippen molar-refractivity contribution in [3.63, 3.8) is 0 Å². The molecule has 0 spiro atoms. The highest BCUT2D eigenvalue weighted by molar-refractivity contribution is 6.00. The number of oxime groups is 1. The van der Waals surface area contributed by atoms with Gasteiger partial charge in [-0.15, -0.1) is 0 Å². The van der Waals surface area contributed by atoms with Gasteiger partial charge in [0, 0.05) is 32.3 Å². The van der Waals surface area contributed by atoms with Crippen LogP contribution in [-0.2, 0) is 11.9 Å². The molecule has 3 aromatic heterocycles. The fourth-order valence-corrected chi connectivity index (χ4v) is 4.58. The number of nitrogens with zero attached hydrogens (tertiary/aromatic N) is 7. The quantitative estimate of drug-likeness (QED) is 0.403. The van der Waals surface area contributed by atoms with E-state index in [0.29, 0.717) is 42.3 Å². The lowest BCUT2D eigenvalue weighted by atomic mass is 9.89. The molecular formula is C26H25N7O2. The summed E-state index contributed by atoms with van der Waals surface area (Å²) >= 11 is 0. The van der Waals surface area contributed by atoms with Gasteiger partial charge < -0.3 is 14.3 Å². The maximum absolute atomic E-state index is 12.9. The average molecular weight is 468 g/mol. The molecule has 1 saturated carbocycles. The van der Waals surface area contributed by atoms with Gasteiger partial charge in [0.25, 0.3) is 5.56 Å². The Hall–Kier alpha value is -4.24. The fraction of sp³-hybridized carbons (Fsp3) is 0.385. The molecule has 0 aromatic carbocycles. The summed E-state index contributed by atoms with van der Waals surface area (Å²) in [5.41, 5.74) is 3.15. The van der Waals surface area contributed by atoms with E-state index in [4.69, 9.17) is 4.84 Å². The smallest absolute Gasteiger partial charge is 0.270 e. The van der Waals surface area contributed by atoms with Crippen LogP contribution in [0.1, 0.15) is 42.6 Å². The van der Waals surface area contributed by atoms with Gasteiger partial charge in [0.1, 0.15) is 41.2 Å². The molecule has 0 bridgehead atoms. The minimum atomic E-state index is -0.368. The largest absolute Gasteiger partial charge is 0.395 e. The Bertz CT molecular complexity index is 1420. The molecule has 9 nitrogen and oxygen atoms in total. The van der Waals surface area contributed by atoms with Gasteiger partial charge in [-0.25, -0.2) is 4.98 Å². The highest BCUT2D eigenvalue weighted by atomic mass is 16.6. The molecule has 1 aliphatic carbocycles. The number of rotatable bonds is 6. The van der Waals surface area contributed by atoms with Gasteiger partial charge in [-0.3, -0.25) is 9.78 Å². The van der Waals surface area contributed by atoms with Crippen molar-refractivity contribution in [2.24, 2.45) is 24.0 Å². The molecule has 3 aromatic rings.